The summed E-state index contributed by atoms with van der Waals surface area (Å²) in [6.45, 7) is 8.22. The molecule has 0 atom stereocenters. The fourth-order valence-corrected chi connectivity index (χ4v) is 2.18. The maximum absolute atomic E-state index is 5.64. The number of aromatic nitrogens is 2. The van der Waals surface area contributed by atoms with Crippen molar-refractivity contribution in [1.82, 2.24) is 9.97 Å². The first-order valence-corrected chi connectivity index (χ1v) is 7.39. The summed E-state index contributed by atoms with van der Waals surface area (Å²) in [6, 6.07) is 10.3. The molecular weight excluding hydrogens is 262 g/mol. The molecule has 1 heterocycles. The van der Waals surface area contributed by atoms with Gasteiger partial charge in [0.05, 0.1) is 6.61 Å². The topological polar surface area (TPSA) is 47.0 Å². The van der Waals surface area contributed by atoms with Crippen LogP contribution in [-0.2, 0) is 17.9 Å². The highest BCUT2D eigenvalue weighted by Crippen LogP contribution is 2.12. The SMILES string of the molecule is CCCOCc1ccccc1CNc1nc(C)cc(C)n1. The Balaban J connectivity index is 2.02. The van der Waals surface area contributed by atoms with E-state index in [2.05, 4.69) is 34.3 Å². The normalized spacial score (nSPS) is 10.6. The zero-order chi connectivity index (χ0) is 15.1. The van der Waals surface area contributed by atoms with Gasteiger partial charge in [0.1, 0.15) is 0 Å². The number of nitrogens with zero attached hydrogens (tertiary/aromatic N) is 2. The summed E-state index contributed by atoms with van der Waals surface area (Å²) < 4.78 is 5.64. The van der Waals surface area contributed by atoms with Gasteiger partial charge in [0.15, 0.2) is 0 Å². The van der Waals surface area contributed by atoms with Crippen molar-refractivity contribution in [3.05, 3.63) is 52.8 Å². The minimum atomic E-state index is 0.652. The maximum atomic E-state index is 5.64. The highest BCUT2D eigenvalue weighted by molar-refractivity contribution is 5.33. The maximum Gasteiger partial charge on any atom is 0.223 e. The molecule has 0 spiro atoms. The van der Waals surface area contributed by atoms with Crippen molar-refractivity contribution < 1.29 is 4.74 Å². The molecule has 0 aliphatic carbocycles. The first kappa shape index (κ1) is 15.4. The molecule has 4 nitrogen and oxygen atoms in total. The molecule has 0 aliphatic rings. The Bertz CT molecular complexity index is 564. The fourth-order valence-electron chi connectivity index (χ4n) is 2.18. The third kappa shape index (κ3) is 4.83. The van der Waals surface area contributed by atoms with Crippen LogP contribution in [0.4, 0.5) is 5.95 Å². The molecule has 4 heteroatoms. The molecule has 2 rings (SSSR count). The van der Waals surface area contributed by atoms with E-state index in [0.29, 0.717) is 19.1 Å². The van der Waals surface area contributed by atoms with Gasteiger partial charge in [-0.2, -0.15) is 0 Å². The second kappa shape index (κ2) is 7.74. The Morgan fingerprint density at radius 2 is 1.71 bits per heavy atom. The quantitative estimate of drug-likeness (QED) is 0.789. The number of ether oxygens (including phenoxy) is 1. The summed E-state index contributed by atoms with van der Waals surface area (Å²) in [7, 11) is 0. The summed E-state index contributed by atoms with van der Waals surface area (Å²) in [5.74, 6) is 0.678. The predicted octanol–water partition coefficient (Wildman–Crippen LogP) is 3.63. The average molecular weight is 285 g/mol. The van der Waals surface area contributed by atoms with Crippen LogP contribution in [0.5, 0.6) is 0 Å². The highest BCUT2D eigenvalue weighted by atomic mass is 16.5. The molecule has 1 aromatic heterocycles. The average Bonchev–Trinajstić information content (AvgIpc) is 2.45. The molecule has 2 aromatic rings. The van der Waals surface area contributed by atoms with E-state index in [1.165, 1.54) is 11.1 Å². The number of aryl methyl sites for hydroxylation is 2. The van der Waals surface area contributed by atoms with E-state index in [1.54, 1.807) is 0 Å². The Morgan fingerprint density at radius 1 is 1.05 bits per heavy atom. The Hall–Kier alpha value is -1.94. The third-order valence-corrected chi connectivity index (χ3v) is 3.14. The number of nitrogens with one attached hydrogen (secondary N) is 1. The van der Waals surface area contributed by atoms with Crippen LogP contribution in [0.25, 0.3) is 0 Å². The van der Waals surface area contributed by atoms with Crippen LogP contribution in [0.1, 0.15) is 35.9 Å². The van der Waals surface area contributed by atoms with Gasteiger partial charge in [-0.1, -0.05) is 31.2 Å². The number of rotatable bonds is 7. The first-order valence-electron chi connectivity index (χ1n) is 7.39. The molecule has 1 aromatic carbocycles. The van der Waals surface area contributed by atoms with Crippen LogP contribution in [0.3, 0.4) is 0 Å². The first-order chi connectivity index (χ1) is 10.2. The number of hydrogen-bond acceptors (Lipinski definition) is 4. The Labute approximate surface area is 126 Å². The summed E-state index contributed by atoms with van der Waals surface area (Å²) in [5.41, 5.74) is 4.38. The van der Waals surface area contributed by atoms with Crippen molar-refractivity contribution in [3.63, 3.8) is 0 Å². The van der Waals surface area contributed by atoms with Gasteiger partial charge in [0.25, 0.3) is 0 Å². The van der Waals surface area contributed by atoms with Crippen molar-refractivity contribution in [2.24, 2.45) is 0 Å². The molecule has 0 saturated heterocycles. The van der Waals surface area contributed by atoms with E-state index >= 15 is 0 Å². The lowest BCUT2D eigenvalue weighted by Gasteiger charge is -2.11. The van der Waals surface area contributed by atoms with Gasteiger partial charge in [-0.3, -0.25) is 0 Å². The number of benzene rings is 1. The van der Waals surface area contributed by atoms with E-state index in [9.17, 15) is 0 Å². The largest absolute Gasteiger partial charge is 0.377 e. The van der Waals surface area contributed by atoms with E-state index in [4.69, 9.17) is 4.74 Å². The van der Waals surface area contributed by atoms with Gasteiger partial charge in [-0.05, 0) is 37.5 Å². The van der Waals surface area contributed by atoms with Crippen LogP contribution in [0.15, 0.2) is 30.3 Å². The molecule has 1 N–H and O–H groups in total. The lowest BCUT2D eigenvalue weighted by molar-refractivity contribution is 0.121. The molecule has 112 valence electrons. The van der Waals surface area contributed by atoms with Gasteiger partial charge in [0, 0.05) is 24.5 Å². The van der Waals surface area contributed by atoms with Crippen molar-refractivity contribution in [3.8, 4) is 0 Å². The molecule has 21 heavy (non-hydrogen) atoms. The minimum absolute atomic E-state index is 0.652. The molecule has 0 radical (unpaired) electrons. The van der Waals surface area contributed by atoms with Gasteiger partial charge in [-0.25, -0.2) is 9.97 Å². The number of hydrogen-bond donors (Lipinski definition) is 1. The van der Waals surface area contributed by atoms with Crippen molar-refractivity contribution in [2.45, 2.75) is 40.3 Å². The van der Waals surface area contributed by atoms with Crippen molar-refractivity contribution in [2.75, 3.05) is 11.9 Å². The smallest absolute Gasteiger partial charge is 0.223 e. The molecule has 0 fully saturated rings. The molecule has 0 aliphatic heterocycles. The van der Waals surface area contributed by atoms with Crippen LogP contribution in [-0.4, -0.2) is 16.6 Å². The fraction of sp³-hybridized carbons (Fsp3) is 0.412. The third-order valence-electron chi connectivity index (χ3n) is 3.14. The van der Waals surface area contributed by atoms with Crippen LogP contribution >= 0.6 is 0 Å². The second-order valence-corrected chi connectivity index (χ2v) is 5.15. The standard InChI is InChI=1S/C17H23N3O/c1-4-9-21-12-16-8-6-5-7-15(16)11-18-17-19-13(2)10-14(3)20-17/h5-8,10H,4,9,11-12H2,1-3H3,(H,18,19,20). The molecule has 0 unspecified atom stereocenters. The summed E-state index contributed by atoms with van der Waals surface area (Å²) >= 11 is 0. The summed E-state index contributed by atoms with van der Waals surface area (Å²) in [4.78, 5) is 8.80. The molecule has 0 bridgehead atoms. The van der Waals surface area contributed by atoms with Crippen LogP contribution in [0, 0.1) is 13.8 Å². The van der Waals surface area contributed by atoms with Crippen molar-refractivity contribution in [1.29, 1.82) is 0 Å². The van der Waals surface area contributed by atoms with Crippen molar-refractivity contribution >= 4 is 5.95 Å². The van der Waals surface area contributed by atoms with Crippen LogP contribution < -0.4 is 5.32 Å². The second-order valence-electron chi connectivity index (χ2n) is 5.15. The Morgan fingerprint density at radius 3 is 2.38 bits per heavy atom. The van der Waals surface area contributed by atoms with Gasteiger partial charge in [0.2, 0.25) is 5.95 Å². The highest BCUT2D eigenvalue weighted by Gasteiger charge is 2.04. The van der Waals surface area contributed by atoms with Gasteiger partial charge >= 0.3 is 0 Å². The molecular formula is C17H23N3O. The Kier molecular flexibility index (Phi) is 5.69. The molecule has 0 amide bonds. The lowest BCUT2D eigenvalue weighted by Crippen LogP contribution is -2.08. The summed E-state index contributed by atoms with van der Waals surface area (Å²) in [5, 5.41) is 3.30. The van der Waals surface area contributed by atoms with E-state index in [0.717, 1.165) is 24.4 Å². The molecule has 0 saturated carbocycles. The van der Waals surface area contributed by atoms with E-state index < -0.39 is 0 Å². The van der Waals surface area contributed by atoms with E-state index in [-0.39, 0.29) is 0 Å². The predicted molar refractivity (Wildman–Crippen MR) is 85.2 cm³/mol. The number of anilines is 1. The zero-order valence-electron chi connectivity index (χ0n) is 13.0. The minimum Gasteiger partial charge on any atom is -0.377 e. The van der Waals surface area contributed by atoms with E-state index in [1.807, 2.05) is 32.0 Å². The summed E-state index contributed by atoms with van der Waals surface area (Å²) in [6.07, 6.45) is 1.04. The zero-order valence-corrected chi connectivity index (χ0v) is 13.0. The van der Waals surface area contributed by atoms with Gasteiger partial charge in [-0.15, -0.1) is 0 Å². The van der Waals surface area contributed by atoms with Crippen LogP contribution in [0.2, 0.25) is 0 Å². The van der Waals surface area contributed by atoms with Gasteiger partial charge < -0.3 is 10.1 Å². The monoisotopic (exact) mass is 285 g/mol. The lowest BCUT2D eigenvalue weighted by atomic mass is 10.1.